The number of carbonyl (C=O) groups excluding carboxylic acids is 1. The van der Waals surface area contributed by atoms with Gasteiger partial charge in [0.15, 0.2) is 5.82 Å². The maximum atomic E-state index is 12.5. The molecule has 1 fully saturated rings. The van der Waals surface area contributed by atoms with E-state index in [4.69, 9.17) is 0 Å². The summed E-state index contributed by atoms with van der Waals surface area (Å²) in [7, 11) is 0. The van der Waals surface area contributed by atoms with Crippen molar-refractivity contribution in [3.05, 3.63) is 46.4 Å². The minimum absolute atomic E-state index is 0.0794. The molecule has 1 aromatic heterocycles. The maximum absolute atomic E-state index is 12.5. The van der Waals surface area contributed by atoms with Crippen LogP contribution >= 0.6 is 15.9 Å². The van der Waals surface area contributed by atoms with Crippen molar-refractivity contribution in [2.45, 2.75) is 6.92 Å². The van der Waals surface area contributed by atoms with Gasteiger partial charge in [-0.15, -0.1) is 10.2 Å². The first-order valence-corrected chi connectivity index (χ1v) is 8.84. The molecule has 24 heavy (non-hydrogen) atoms. The first kappa shape index (κ1) is 16.7. The fourth-order valence-electron chi connectivity index (χ4n) is 2.68. The van der Waals surface area contributed by atoms with E-state index in [1.807, 2.05) is 48.2 Å². The minimum atomic E-state index is 0.0794. The van der Waals surface area contributed by atoms with Gasteiger partial charge in [0.05, 0.1) is 0 Å². The summed E-state index contributed by atoms with van der Waals surface area (Å²) in [6, 6.07) is 11.4. The quantitative estimate of drug-likeness (QED) is 0.870. The lowest BCUT2D eigenvalue weighted by Gasteiger charge is -2.35. The van der Waals surface area contributed by atoms with Crippen LogP contribution in [0.15, 0.2) is 40.9 Å². The number of nitrogens with zero attached hydrogens (tertiary/aromatic N) is 4. The van der Waals surface area contributed by atoms with Crippen molar-refractivity contribution in [3.63, 3.8) is 0 Å². The molecule has 1 aliphatic heterocycles. The van der Waals surface area contributed by atoms with E-state index in [9.17, 15) is 4.79 Å². The monoisotopic (exact) mass is 389 g/mol. The molecule has 0 saturated carbocycles. The van der Waals surface area contributed by atoms with E-state index < -0.39 is 0 Å². The molecular formula is C17H20BrN5O. The lowest BCUT2D eigenvalue weighted by atomic mass is 10.2. The third-order valence-corrected chi connectivity index (χ3v) is 4.52. The predicted octanol–water partition coefficient (Wildman–Crippen LogP) is 2.63. The van der Waals surface area contributed by atoms with Crippen LogP contribution in [-0.4, -0.2) is 53.7 Å². The zero-order valence-corrected chi connectivity index (χ0v) is 15.2. The normalized spacial score (nSPS) is 14.6. The molecule has 6 nitrogen and oxygen atoms in total. The third kappa shape index (κ3) is 3.84. The Kier molecular flexibility index (Phi) is 5.30. The van der Waals surface area contributed by atoms with Crippen LogP contribution in [0.4, 0.5) is 11.6 Å². The SMILES string of the molecule is CCNc1ccc(N2CCN(C(=O)c3ccc(Br)cc3)CC2)nn1. The number of carbonyl (C=O) groups is 1. The molecule has 126 valence electrons. The van der Waals surface area contributed by atoms with Crippen LogP contribution in [-0.2, 0) is 0 Å². The molecule has 3 rings (SSSR count). The van der Waals surface area contributed by atoms with Crippen molar-refractivity contribution in [3.8, 4) is 0 Å². The molecule has 0 aliphatic carbocycles. The van der Waals surface area contributed by atoms with Gasteiger partial charge in [0.25, 0.3) is 5.91 Å². The summed E-state index contributed by atoms with van der Waals surface area (Å²) in [4.78, 5) is 16.6. The summed E-state index contributed by atoms with van der Waals surface area (Å²) in [6.45, 7) is 5.74. The number of amides is 1. The molecule has 1 N–H and O–H groups in total. The average molecular weight is 390 g/mol. The molecule has 2 aromatic rings. The summed E-state index contributed by atoms with van der Waals surface area (Å²) < 4.78 is 0.975. The number of hydrogen-bond donors (Lipinski definition) is 1. The molecule has 7 heteroatoms. The van der Waals surface area contributed by atoms with Gasteiger partial charge >= 0.3 is 0 Å². The molecule has 2 heterocycles. The van der Waals surface area contributed by atoms with Crippen LogP contribution in [0.3, 0.4) is 0 Å². The number of aromatic nitrogens is 2. The first-order chi connectivity index (χ1) is 11.7. The Morgan fingerprint density at radius 3 is 2.38 bits per heavy atom. The standard InChI is InChI=1S/C17H20BrN5O/c1-2-19-15-7-8-16(21-20-15)22-9-11-23(12-10-22)17(24)13-3-5-14(18)6-4-13/h3-8H,2,9-12H2,1H3,(H,19,20). The second kappa shape index (κ2) is 7.61. The Morgan fingerprint density at radius 2 is 1.79 bits per heavy atom. The first-order valence-electron chi connectivity index (χ1n) is 8.05. The van der Waals surface area contributed by atoms with Gasteiger partial charge in [-0.3, -0.25) is 4.79 Å². The van der Waals surface area contributed by atoms with Crippen molar-refractivity contribution in [2.75, 3.05) is 42.9 Å². The van der Waals surface area contributed by atoms with E-state index in [0.717, 1.165) is 41.3 Å². The van der Waals surface area contributed by atoms with E-state index in [0.29, 0.717) is 13.1 Å². The number of rotatable bonds is 4. The van der Waals surface area contributed by atoms with E-state index >= 15 is 0 Å². The Morgan fingerprint density at radius 1 is 1.08 bits per heavy atom. The van der Waals surface area contributed by atoms with Crippen LogP contribution in [0.1, 0.15) is 17.3 Å². The van der Waals surface area contributed by atoms with Crippen LogP contribution in [0.25, 0.3) is 0 Å². The molecule has 0 radical (unpaired) electrons. The van der Waals surface area contributed by atoms with Gasteiger partial charge in [-0.05, 0) is 43.3 Å². The highest BCUT2D eigenvalue weighted by atomic mass is 79.9. The molecule has 1 aliphatic rings. The Balaban J connectivity index is 1.59. The number of piperazine rings is 1. The predicted molar refractivity (Wildman–Crippen MR) is 98.5 cm³/mol. The second-order valence-corrected chi connectivity index (χ2v) is 6.51. The lowest BCUT2D eigenvalue weighted by Crippen LogP contribution is -2.49. The van der Waals surface area contributed by atoms with E-state index in [1.165, 1.54) is 0 Å². The summed E-state index contributed by atoms with van der Waals surface area (Å²) in [6.07, 6.45) is 0. The molecule has 0 spiro atoms. The van der Waals surface area contributed by atoms with E-state index in [-0.39, 0.29) is 5.91 Å². The molecule has 0 atom stereocenters. The van der Waals surface area contributed by atoms with Gasteiger partial charge in [-0.25, -0.2) is 0 Å². The molecule has 1 saturated heterocycles. The number of anilines is 2. The summed E-state index contributed by atoms with van der Waals surface area (Å²) in [5.74, 6) is 1.72. The van der Waals surface area contributed by atoms with Crippen molar-refractivity contribution in [2.24, 2.45) is 0 Å². The summed E-state index contributed by atoms with van der Waals surface area (Å²) in [5.41, 5.74) is 0.724. The lowest BCUT2D eigenvalue weighted by molar-refractivity contribution is 0.0746. The minimum Gasteiger partial charge on any atom is -0.369 e. The second-order valence-electron chi connectivity index (χ2n) is 5.59. The molecule has 0 unspecified atom stereocenters. The van der Waals surface area contributed by atoms with Gasteiger partial charge in [-0.2, -0.15) is 0 Å². The zero-order chi connectivity index (χ0) is 16.9. The number of hydrogen-bond acceptors (Lipinski definition) is 5. The van der Waals surface area contributed by atoms with Gasteiger partial charge in [0.2, 0.25) is 0 Å². The fraction of sp³-hybridized carbons (Fsp3) is 0.353. The average Bonchev–Trinajstić information content (AvgIpc) is 2.63. The Bertz CT molecular complexity index is 681. The summed E-state index contributed by atoms with van der Waals surface area (Å²) >= 11 is 3.39. The smallest absolute Gasteiger partial charge is 0.253 e. The fourth-order valence-corrected chi connectivity index (χ4v) is 2.95. The molecule has 1 amide bonds. The highest BCUT2D eigenvalue weighted by Gasteiger charge is 2.23. The van der Waals surface area contributed by atoms with Crippen molar-refractivity contribution in [1.82, 2.24) is 15.1 Å². The van der Waals surface area contributed by atoms with Crippen molar-refractivity contribution < 1.29 is 4.79 Å². The topological polar surface area (TPSA) is 61.4 Å². The van der Waals surface area contributed by atoms with Crippen LogP contribution in [0.5, 0.6) is 0 Å². The molecular weight excluding hydrogens is 370 g/mol. The number of nitrogens with one attached hydrogen (secondary N) is 1. The Labute approximate surface area is 150 Å². The van der Waals surface area contributed by atoms with Crippen LogP contribution < -0.4 is 10.2 Å². The van der Waals surface area contributed by atoms with Crippen molar-refractivity contribution >= 4 is 33.5 Å². The van der Waals surface area contributed by atoms with E-state index in [1.54, 1.807) is 0 Å². The highest BCUT2D eigenvalue weighted by molar-refractivity contribution is 9.10. The van der Waals surface area contributed by atoms with Gasteiger partial charge in [-0.1, -0.05) is 15.9 Å². The highest BCUT2D eigenvalue weighted by Crippen LogP contribution is 2.17. The zero-order valence-electron chi connectivity index (χ0n) is 13.6. The largest absolute Gasteiger partial charge is 0.369 e. The van der Waals surface area contributed by atoms with Crippen LogP contribution in [0, 0.1) is 0 Å². The maximum Gasteiger partial charge on any atom is 0.253 e. The molecule has 1 aromatic carbocycles. The van der Waals surface area contributed by atoms with Gasteiger partial charge < -0.3 is 15.1 Å². The molecule has 0 bridgehead atoms. The van der Waals surface area contributed by atoms with Gasteiger partial charge in [0, 0.05) is 42.8 Å². The van der Waals surface area contributed by atoms with E-state index in [2.05, 4.69) is 36.3 Å². The third-order valence-electron chi connectivity index (χ3n) is 3.99. The van der Waals surface area contributed by atoms with Crippen molar-refractivity contribution in [1.29, 1.82) is 0 Å². The Hall–Kier alpha value is -2.15. The van der Waals surface area contributed by atoms with Gasteiger partial charge in [0.1, 0.15) is 5.82 Å². The number of benzene rings is 1. The summed E-state index contributed by atoms with van der Waals surface area (Å²) in [5, 5.41) is 11.6. The van der Waals surface area contributed by atoms with Crippen LogP contribution in [0.2, 0.25) is 0 Å². The number of halogens is 1.